The number of nitrogens with one attached hydrogen (secondary N) is 2. The molecule has 3 aromatic rings. The monoisotopic (exact) mass is 655 g/mol. The predicted molar refractivity (Wildman–Crippen MR) is 142 cm³/mol. The summed E-state index contributed by atoms with van der Waals surface area (Å²) >= 11 is 0. The molecule has 1 aromatic carbocycles. The molecule has 0 unspecified atom stereocenters. The number of anilines is 1. The highest BCUT2D eigenvalue weighted by Crippen LogP contribution is 2.23. The van der Waals surface area contributed by atoms with E-state index in [1.807, 2.05) is 30.3 Å². The number of hydrogen-bond donors (Lipinski definition) is 5. The highest BCUT2D eigenvalue weighted by molar-refractivity contribution is 5.73. The number of aliphatic carboxylic acids is 2. The molecular weight excluding hydrogens is 630 g/mol. The van der Waals surface area contributed by atoms with Crippen LogP contribution in [0.2, 0.25) is 0 Å². The fourth-order valence-electron chi connectivity index (χ4n) is 3.57. The zero-order valence-electron chi connectivity index (χ0n) is 22.8. The summed E-state index contributed by atoms with van der Waals surface area (Å²) in [6.07, 6.45) is -12.3. The van der Waals surface area contributed by atoms with Crippen molar-refractivity contribution < 1.29 is 54.9 Å². The van der Waals surface area contributed by atoms with E-state index in [1.165, 1.54) is 4.57 Å². The second-order valence-corrected chi connectivity index (χ2v) is 8.80. The summed E-state index contributed by atoms with van der Waals surface area (Å²) in [6.45, 7) is 3.51. The summed E-state index contributed by atoms with van der Waals surface area (Å²) in [6, 6.07) is 13.3. The van der Waals surface area contributed by atoms with Gasteiger partial charge in [-0.1, -0.05) is 18.2 Å². The summed E-state index contributed by atoms with van der Waals surface area (Å²) in [4.78, 5) is 37.0. The quantitative estimate of drug-likeness (QED) is 0.248. The molecule has 3 heterocycles. The van der Waals surface area contributed by atoms with Gasteiger partial charge in [-0.3, -0.25) is 0 Å². The highest BCUT2D eigenvalue weighted by atomic mass is 19.4. The number of piperazine rings is 1. The summed E-state index contributed by atoms with van der Waals surface area (Å²) in [5.74, 6) is -5.09. The zero-order chi connectivity index (χ0) is 33.9. The number of pyridine rings is 1. The van der Waals surface area contributed by atoms with Crippen molar-refractivity contribution in [3.63, 3.8) is 0 Å². The number of H-pyrrole nitrogens is 1. The van der Waals surface area contributed by atoms with Gasteiger partial charge in [0.1, 0.15) is 11.6 Å². The van der Waals surface area contributed by atoms with Crippen LogP contribution < -0.4 is 21.6 Å². The van der Waals surface area contributed by atoms with Gasteiger partial charge in [0.05, 0.1) is 5.69 Å². The molecule has 6 N–H and O–H groups in total. The molecule has 1 aliphatic heterocycles. The zero-order valence-corrected chi connectivity index (χ0v) is 22.8. The van der Waals surface area contributed by atoms with Gasteiger partial charge in [-0.15, -0.1) is 0 Å². The number of nitrogens with two attached hydrogens (primary N) is 1. The number of nitrogens with zero attached hydrogens (tertiary/aromatic N) is 4. The summed E-state index contributed by atoms with van der Waals surface area (Å²) in [5.41, 5.74) is 7.26. The Kier molecular flexibility index (Phi) is 12.7. The molecule has 45 heavy (non-hydrogen) atoms. The molecule has 20 heteroatoms. The lowest BCUT2D eigenvalue weighted by atomic mass is 10.1. The number of aromatic amines is 1. The van der Waals surface area contributed by atoms with Crippen molar-refractivity contribution in [2.24, 2.45) is 5.73 Å². The van der Waals surface area contributed by atoms with Crippen LogP contribution in [0.3, 0.4) is 0 Å². The molecular formula is C25H25F8N7O5. The summed E-state index contributed by atoms with van der Waals surface area (Å²) in [5, 5.41) is 23.8. The number of aromatic nitrogens is 4. The molecule has 0 amide bonds. The number of carbonyl (C=O) groups is 2. The molecule has 0 bridgehead atoms. The minimum absolute atomic E-state index is 0.122. The molecule has 0 atom stereocenters. The van der Waals surface area contributed by atoms with E-state index in [2.05, 4.69) is 25.4 Å². The first-order chi connectivity index (χ1) is 20.9. The van der Waals surface area contributed by atoms with Gasteiger partial charge in [0.25, 0.3) is 6.08 Å². The minimum atomic E-state index is -5.08. The first-order valence-electron chi connectivity index (χ1n) is 12.5. The van der Waals surface area contributed by atoms with Crippen LogP contribution in [0.4, 0.5) is 40.8 Å². The number of rotatable bonds is 6. The van der Waals surface area contributed by atoms with Crippen molar-refractivity contribution in [2.75, 3.05) is 37.6 Å². The standard InChI is InChI=1S/C21H23F2N7O.2C2HF3O2/c22-20(23)15(13-24)12-19-27-28-21(31)30(19)18-3-1-2-17(26-18)14-4-6-16(7-5-14)29-10-8-25-9-11-29;2*3-2(4,5)1(6)7/h1-7,25H,8-13,24H2,(H,28,31);2*(H,6,7). The van der Waals surface area contributed by atoms with E-state index in [0.717, 1.165) is 37.4 Å². The Morgan fingerprint density at radius 1 is 0.911 bits per heavy atom. The molecule has 246 valence electrons. The SMILES string of the molecule is NCC(Cc1n[nH]c(=O)n1-c1cccc(-c2ccc(N3CCNCC3)cc2)n1)=C(F)F.O=C(O)C(F)(F)F.O=C(O)C(F)(F)F. The lowest BCUT2D eigenvalue weighted by molar-refractivity contribution is -0.193. The fraction of sp³-hybridized carbons (Fsp3) is 0.320. The van der Waals surface area contributed by atoms with Gasteiger partial charge in [0.15, 0.2) is 0 Å². The average molecular weight is 656 g/mol. The Labute approximate surface area is 247 Å². The number of alkyl halides is 6. The Morgan fingerprint density at radius 3 is 1.91 bits per heavy atom. The third kappa shape index (κ3) is 11.0. The molecule has 0 aliphatic carbocycles. The molecule has 12 nitrogen and oxygen atoms in total. The van der Waals surface area contributed by atoms with Crippen LogP contribution in [-0.4, -0.2) is 87.0 Å². The maximum Gasteiger partial charge on any atom is 0.490 e. The van der Waals surface area contributed by atoms with Crippen molar-refractivity contribution in [1.82, 2.24) is 25.1 Å². The Balaban J connectivity index is 0.000000421. The second kappa shape index (κ2) is 15.7. The second-order valence-electron chi connectivity index (χ2n) is 8.80. The lowest BCUT2D eigenvalue weighted by Crippen LogP contribution is -2.43. The summed E-state index contributed by atoms with van der Waals surface area (Å²) < 4.78 is 90.7. The highest BCUT2D eigenvalue weighted by Gasteiger charge is 2.38. The number of carboxylic acids is 2. The van der Waals surface area contributed by atoms with Gasteiger partial charge < -0.3 is 26.2 Å². The van der Waals surface area contributed by atoms with E-state index in [9.17, 15) is 39.9 Å². The Hall–Kier alpha value is -4.85. The van der Waals surface area contributed by atoms with Gasteiger partial charge in [0.2, 0.25) is 0 Å². The molecule has 1 saturated heterocycles. The van der Waals surface area contributed by atoms with Gasteiger partial charge in [-0.2, -0.15) is 40.2 Å². The molecule has 0 spiro atoms. The van der Waals surface area contributed by atoms with Crippen molar-refractivity contribution in [1.29, 1.82) is 0 Å². The largest absolute Gasteiger partial charge is 0.490 e. The van der Waals surface area contributed by atoms with Gasteiger partial charge in [0, 0.05) is 56.0 Å². The van der Waals surface area contributed by atoms with Crippen molar-refractivity contribution in [2.45, 2.75) is 18.8 Å². The smallest absolute Gasteiger partial charge is 0.475 e. The van der Waals surface area contributed by atoms with Crippen molar-refractivity contribution in [3.05, 3.63) is 70.4 Å². The maximum absolute atomic E-state index is 13.0. The van der Waals surface area contributed by atoms with Crippen LogP contribution in [0, 0.1) is 0 Å². The maximum atomic E-state index is 13.0. The number of halogens is 8. The normalized spacial score (nSPS) is 13.1. The van der Waals surface area contributed by atoms with E-state index in [4.69, 9.17) is 25.5 Å². The molecule has 0 saturated carbocycles. The van der Waals surface area contributed by atoms with Gasteiger partial charge in [-0.05, 0) is 24.3 Å². The predicted octanol–water partition coefficient (Wildman–Crippen LogP) is 2.95. The van der Waals surface area contributed by atoms with Crippen LogP contribution in [0.15, 0.2) is 58.9 Å². The molecule has 2 aromatic heterocycles. The first kappa shape index (κ1) is 36.3. The molecule has 1 fully saturated rings. The van der Waals surface area contributed by atoms with Gasteiger partial charge in [-0.25, -0.2) is 29.0 Å². The summed E-state index contributed by atoms with van der Waals surface area (Å²) in [7, 11) is 0. The fourth-order valence-corrected chi connectivity index (χ4v) is 3.57. The van der Waals surface area contributed by atoms with Crippen LogP contribution in [-0.2, 0) is 16.0 Å². The topological polar surface area (TPSA) is 179 Å². The van der Waals surface area contributed by atoms with Crippen molar-refractivity contribution >= 4 is 17.6 Å². The molecule has 0 radical (unpaired) electrons. The molecule has 1 aliphatic rings. The van der Waals surface area contributed by atoms with Gasteiger partial charge >= 0.3 is 30.0 Å². The third-order valence-corrected chi connectivity index (χ3v) is 5.72. The Bertz CT molecular complexity index is 1500. The first-order valence-corrected chi connectivity index (χ1v) is 12.5. The number of benzene rings is 1. The van der Waals surface area contributed by atoms with Crippen LogP contribution >= 0.6 is 0 Å². The average Bonchev–Trinajstić information content (AvgIpc) is 3.35. The van der Waals surface area contributed by atoms with Crippen LogP contribution in [0.5, 0.6) is 0 Å². The number of hydrogen-bond acceptors (Lipinski definition) is 8. The third-order valence-electron chi connectivity index (χ3n) is 5.72. The Morgan fingerprint density at radius 2 is 1.44 bits per heavy atom. The van der Waals surface area contributed by atoms with E-state index in [-0.39, 0.29) is 24.4 Å². The van der Waals surface area contributed by atoms with E-state index in [0.29, 0.717) is 11.5 Å². The van der Waals surface area contributed by atoms with Crippen LogP contribution in [0.25, 0.3) is 17.1 Å². The van der Waals surface area contributed by atoms with E-state index < -0.39 is 36.1 Å². The van der Waals surface area contributed by atoms with Crippen LogP contribution in [0.1, 0.15) is 5.82 Å². The molecule has 4 rings (SSSR count). The number of carboxylic acid groups (broad SMARTS) is 2. The lowest BCUT2D eigenvalue weighted by Gasteiger charge is -2.29. The van der Waals surface area contributed by atoms with E-state index in [1.54, 1.807) is 12.1 Å². The van der Waals surface area contributed by atoms with E-state index >= 15 is 0 Å². The van der Waals surface area contributed by atoms with Crippen molar-refractivity contribution in [3.8, 4) is 17.1 Å². The minimum Gasteiger partial charge on any atom is -0.475 e.